The highest BCUT2D eigenvalue weighted by Gasteiger charge is 2.32. The number of hydrogen-bond donors (Lipinski definition) is 0. The topological polar surface area (TPSA) is 85.9 Å². The Morgan fingerprint density at radius 3 is 2.85 bits per heavy atom. The minimum absolute atomic E-state index is 0.0608. The van der Waals surface area contributed by atoms with Gasteiger partial charge in [0.1, 0.15) is 12.1 Å². The zero-order chi connectivity index (χ0) is 18.1. The van der Waals surface area contributed by atoms with Crippen LogP contribution in [0.3, 0.4) is 0 Å². The molecule has 0 N–H and O–H groups in total. The van der Waals surface area contributed by atoms with Gasteiger partial charge in [-0.3, -0.25) is 4.57 Å². The molecule has 136 valence electrons. The second-order valence-electron chi connectivity index (χ2n) is 6.47. The van der Waals surface area contributed by atoms with Gasteiger partial charge in [0.05, 0.1) is 6.33 Å². The summed E-state index contributed by atoms with van der Waals surface area (Å²) < 4.78 is 30.7. The highest BCUT2D eigenvalue weighted by atomic mass is 32.2. The molecule has 1 aliphatic rings. The number of imidazole rings is 2. The van der Waals surface area contributed by atoms with Crippen LogP contribution in [0.25, 0.3) is 5.82 Å². The predicted octanol–water partition coefficient (Wildman–Crippen LogP) is 1.57. The van der Waals surface area contributed by atoms with Crippen molar-refractivity contribution in [3.05, 3.63) is 55.1 Å². The molecule has 1 atom stereocenters. The molecule has 0 bridgehead atoms. The first-order valence-electron chi connectivity index (χ1n) is 8.47. The highest BCUT2D eigenvalue weighted by Crippen LogP contribution is 2.29. The number of hydrogen-bond acceptors (Lipinski definition) is 5. The molecular formula is C17H20N6O2S. The number of piperidine rings is 1. The summed E-state index contributed by atoms with van der Waals surface area (Å²) in [5.74, 6) is 0.843. The molecule has 0 radical (unpaired) electrons. The van der Waals surface area contributed by atoms with Crippen LogP contribution in [0.5, 0.6) is 0 Å². The van der Waals surface area contributed by atoms with Crippen LogP contribution >= 0.6 is 0 Å². The number of aromatic nitrogens is 5. The Hall–Kier alpha value is -2.52. The van der Waals surface area contributed by atoms with Crippen LogP contribution < -0.4 is 0 Å². The minimum Gasteiger partial charge on any atom is -0.339 e. The molecule has 8 nitrogen and oxygen atoms in total. The van der Waals surface area contributed by atoms with Crippen molar-refractivity contribution in [3.8, 4) is 5.82 Å². The first-order valence-corrected chi connectivity index (χ1v) is 9.91. The lowest BCUT2D eigenvalue weighted by molar-refractivity contribution is 0.312. The number of pyridine rings is 1. The summed E-state index contributed by atoms with van der Waals surface area (Å²) >= 11 is 0. The van der Waals surface area contributed by atoms with Crippen molar-refractivity contribution in [1.29, 1.82) is 0 Å². The van der Waals surface area contributed by atoms with Crippen molar-refractivity contribution >= 4 is 10.0 Å². The molecule has 9 heteroatoms. The van der Waals surface area contributed by atoms with Gasteiger partial charge in [-0.1, -0.05) is 6.07 Å². The summed E-state index contributed by atoms with van der Waals surface area (Å²) in [6.07, 6.45) is 10.00. The van der Waals surface area contributed by atoms with E-state index >= 15 is 0 Å². The Bertz CT molecular complexity index is 996. The van der Waals surface area contributed by atoms with Crippen LogP contribution in [-0.4, -0.2) is 49.9 Å². The predicted molar refractivity (Wildman–Crippen MR) is 95.3 cm³/mol. The van der Waals surface area contributed by atoms with E-state index in [2.05, 4.69) is 9.97 Å². The van der Waals surface area contributed by atoms with Crippen LogP contribution in [0.2, 0.25) is 0 Å². The Kier molecular flexibility index (Phi) is 4.33. The molecule has 1 aliphatic heterocycles. The molecule has 1 saturated heterocycles. The number of aryl methyl sites for hydroxylation is 1. The minimum atomic E-state index is -3.58. The third-order valence-corrected chi connectivity index (χ3v) is 6.36. The summed E-state index contributed by atoms with van der Waals surface area (Å²) in [6.45, 7) is 0.926. The summed E-state index contributed by atoms with van der Waals surface area (Å²) in [7, 11) is -1.82. The van der Waals surface area contributed by atoms with Crippen molar-refractivity contribution < 1.29 is 8.42 Å². The third-order valence-electron chi connectivity index (χ3n) is 4.61. The van der Waals surface area contributed by atoms with E-state index in [4.69, 9.17) is 4.98 Å². The summed E-state index contributed by atoms with van der Waals surface area (Å²) in [4.78, 5) is 12.8. The van der Waals surface area contributed by atoms with Gasteiger partial charge in [-0.15, -0.1) is 0 Å². The Morgan fingerprint density at radius 1 is 1.23 bits per heavy atom. The zero-order valence-electron chi connectivity index (χ0n) is 14.4. The van der Waals surface area contributed by atoms with E-state index in [1.54, 1.807) is 24.1 Å². The molecule has 4 rings (SSSR count). The molecular weight excluding hydrogens is 352 g/mol. The smallest absolute Gasteiger partial charge is 0.262 e. The average molecular weight is 372 g/mol. The molecule has 3 aromatic heterocycles. The molecule has 26 heavy (non-hydrogen) atoms. The second-order valence-corrected chi connectivity index (χ2v) is 8.35. The van der Waals surface area contributed by atoms with E-state index in [1.807, 2.05) is 29.0 Å². The maximum atomic E-state index is 12.8. The fourth-order valence-corrected chi connectivity index (χ4v) is 4.75. The number of nitrogens with zero attached hydrogens (tertiary/aromatic N) is 6. The molecule has 0 amide bonds. The first kappa shape index (κ1) is 16.9. The van der Waals surface area contributed by atoms with Gasteiger partial charge >= 0.3 is 0 Å². The fourth-order valence-electron chi connectivity index (χ4n) is 3.26. The molecule has 0 saturated carbocycles. The summed E-state index contributed by atoms with van der Waals surface area (Å²) in [6, 6.07) is 5.82. The van der Waals surface area contributed by atoms with E-state index in [-0.39, 0.29) is 10.9 Å². The van der Waals surface area contributed by atoms with E-state index in [0.29, 0.717) is 13.1 Å². The largest absolute Gasteiger partial charge is 0.339 e. The van der Waals surface area contributed by atoms with E-state index in [1.165, 1.54) is 16.8 Å². The Morgan fingerprint density at radius 2 is 2.12 bits per heavy atom. The Labute approximate surface area is 152 Å². The maximum absolute atomic E-state index is 12.8. The number of sulfonamides is 1. The lowest BCUT2D eigenvalue weighted by Gasteiger charge is -2.31. The lowest BCUT2D eigenvalue weighted by Crippen LogP contribution is -2.39. The summed E-state index contributed by atoms with van der Waals surface area (Å²) in [5, 5.41) is 0.0979. The number of rotatable bonds is 4. The third kappa shape index (κ3) is 3.15. The highest BCUT2D eigenvalue weighted by molar-refractivity contribution is 7.89. The maximum Gasteiger partial charge on any atom is 0.262 e. The van der Waals surface area contributed by atoms with E-state index in [0.717, 1.165) is 24.4 Å². The van der Waals surface area contributed by atoms with Gasteiger partial charge in [-0.25, -0.2) is 23.4 Å². The van der Waals surface area contributed by atoms with Crippen molar-refractivity contribution in [2.75, 3.05) is 13.1 Å². The zero-order valence-corrected chi connectivity index (χ0v) is 15.2. The van der Waals surface area contributed by atoms with Crippen LogP contribution in [0.1, 0.15) is 24.5 Å². The fraction of sp³-hybridized carbons (Fsp3) is 0.353. The van der Waals surface area contributed by atoms with Crippen molar-refractivity contribution in [3.63, 3.8) is 0 Å². The molecule has 0 aliphatic carbocycles. The van der Waals surface area contributed by atoms with Gasteiger partial charge in [0.15, 0.2) is 5.03 Å². The Balaban J connectivity index is 1.58. The van der Waals surface area contributed by atoms with Crippen LogP contribution in [0, 0.1) is 0 Å². The average Bonchev–Trinajstić information content (AvgIpc) is 3.34. The molecule has 0 spiro atoms. The standard InChI is InChI=1S/C17H20N6O2S/c1-21-11-17(19-13-21)26(24,25)23-8-3-4-14(10-23)15-5-2-6-16(20-15)22-9-7-18-12-22/h2,5-7,9,11-14H,3-4,8,10H2,1H3/t14-/m0/s1. The van der Waals surface area contributed by atoms with Gasteiger partial charge in [0, 0.05) is 50.3 Å². The first-order chi connectivity index (χ1) is 12.5. The molecule has 0 unspecified atom stereocenters. The molecule has 1 fully saturated rings. The monoisotopic (exact) mass is 372 g/mol. The summed E-state index contributed by atoms with van der Waals surface area (Å²) in [5.41, 5.74) is 0.900. The van der Waals surface area contributed by atoms with Crippen molar-refractivity contribution in [1.82, 2.24) is 28.4 Å². The normalized spacial score (nSPS) is 18.9. The van der Waals surface area contributed by atoms with Crippen molar-refractivity contribution in [2.24, 2.45) is 7.05 Å². The van der Waals surface area contributed by atoms with Gasteiger partial charge in [-0.05, 0) is 25.0 Å². The lowest BCUT2D eigenvalue weighted by atomic mass is 9.95. The SMILES string of the molecule is Cn1cnc(S(=O)(=O)N2CCC[C@H](c3cccc(-n4ccnc4)n3)C2)c1. The van der Waals surface area contributed by atoms with Crippen LogP contribution in [0.4, 0.5) is 0 Å². The quantitative estimate of drug-likeness (QED) is 0.694. The second kappa shape index (κ2) is 6.65. The van der Waals surface area contributed by atoms with E-state index < -0.39 is 10.0 Å². The molecule has 3 aromatic rings. The molecule has 0 aromatic carbocycles. The molecule has 4 heterocycles. The van der Waals surface area contributed by atoms with Crippen LogP contribution in [-0.2, 0) is 17.1 Å². The van der Waals surface area contributed by atoms with Gasteiger partial charge in [-0.2, -0.15) is 4.31 Å². The van der Waals surface area contributed by atoms with Gasteiger partial charge < -0.3 is 4.57 Å². The van der Waals surface area contributed by atoms with Crippen LogP contribution in [0.15, 0.2) is 54.5 Å². The van der Waals surface area contributed by atoms with Gasteiger partial charge in [0.2, 0.25) is 0 Å². The van der Waals surface area contributed by atoms with Crippen molar-refractivity contribution in [2.45, 2.75) is 23.8 Å². The van der Waals surface area contributed by atoms with E-state index in [9.17, 15) is 8.42 Å². The van der Waals surface area contributed by atoms with Gasteiger partial charge in [0.25, 0.3) is 10.0 Å².